The third-order valence-corrected chi connectivity index (χ3v) is 7.08. The summed E-state index contributed by atoms with van der Waals surface area (Å²) in [5.41, 5.74) is 2.26. The third-order valence-electron chi connectivity index (χ3n) is 6.20. The average molecular weight is 512 g/mol. The number of thiophene rings is 1. The first kappa shape index (κ1) is 26.1. The third kappa shape index (κ3) is 6.42. The van der Waals surface area contributed by atoms with Crippen LogP contribution in [0.15, 0.2) is 41.8 Å². The quantitative estimate of drug-likeness (QED) is 0.366. The number of rotatable bonds is 8. The molecular formula is C28H37N3O4S. The predicted octanol–water partition coefficient (Wildman–Crippen LogP) is 6.16. The molecule has 8 heteroatoms. The van der Waals surface area contributed by atoms with E-state index in [0.29, 0.717) is 23.8 Å². The van der Waals surface area contributed by atoms with Gasteiger partial charge in [-0.1, -0.05) is 12.1 Å². The second-order valence-corrected chi connectivity index (χ2v) is 11.0. The minimum Gasteiger partial charge on any atom is -0.491 e. The van der Waals surface area contributed by atoms with Gasteiger partial charge in [0, 0.05) is 48.5 Å². The Labute approximate surface area is 217 Å². The lowest BCUT2D eigenvalue weighted by Crippen LogP contribution is -2.46. The number of aryl methyl sites for hydroxylation is 1. The molecule has 0 spiro atoms. The highest BCUT2D eigenvalue weighted by atomic mass is 32.1. The lowest BCUT2D eigenvalue weighted by Gasteiger charge is -2.36. The number of carbonyl (C=O) groups is 1. The number of piperazine rings is 1. The molecule has 2 heterocycles. The summed E-state index contributed by atoms with van der Waals surface area (Å²) >= 11 is 1.80. The average Bonchev–Trinajstić information content (AvgIpc) is 3.32. The smallest absolute Gasteiger partial charge is 0.412 e. The van der Waals surface area contributed by atoms with E-state index < -0.39 is 11.7 Å². The summed E-state index contributed by atoms with van der Waals surface area (Å²) in [6.07, 6.45) is 0.386. The van der Waals surface area contributed by atoms with Crippen molar-refractivity contribution in [3.05, 3.63) is 47.3 Å². The van der Waals surface area contributed by atoms with Gasteiger partial charge in [0.1, 0.15) is 5.60 Å². The summed E-state index contributed by atoms with van der Waals surface area (Å²) in [6, 6.07) is 12.5. The van der Waals surface area contributed by atoms with E-state index in [4.69, 9.17) is 14.2 Å². The number of anilines is 2. The van der Waals surface area contributed by atoms with E-state index in [2.05, 4.69) is 44.8 Å². The Kier molecular flexibility index (Phi) is 8.26. The molecule has 0 radical (unpaired) electrons. The van der Waals surface area contributed by atoms with Crippen LogP contribution in [0.4, 0.5) is 16.2 Å². The first-order valence-electron chi connectivity index (χ1n) is 12.5. The first-order valence-corrected chi connectivity index (χ1v) is 13.4. The topological polar surface area (TPSA) is 63.3 Å². The largest absolute Gasteiger partial charge is 0.491 e. The number of benzene rings is 2. The highest BCUT2D eigenvalue weighted by Crippen LogP contribution is 2.38. The number of nitrogens with one attached hydrogen (secondary N) is 1. The van der Waals surface area contributed by atoms with Crippen LogP contribution >= 0.6 is 11.3 Å². The Morgan fingerprint density at radius 1 is 1.06 bits per heavy atom. The van der Waals surface area contributed by atoms with E-state index in [0.717, 1.165) is 44.7 Å². The van der Waals surface area contributed by atoms with Crippen LogP contribution in [0, 0.1) is 6.92 Å². The zero-order valence-electron chi connectivity index (χ0n) is 21.9. The molecular weight excluding hydrogens is 474 g/mol. The molecule has 1 aromatic heterocycles. The van der Waals surface area contributed by atoms with E-state index >= 15 is 0 Å². The number of hydrogen-bond acceptors (Lipinski definition) is 7. The standard InChI is InChI=1S/C28H37N3O4S/c1-20-10-11-22(29-27(32)35-28(2,3)4)26(33-5)25(20)34-18-7-13-30-14-16-31(17-15-30)23-8-6-9-24-21(23)12-19-36-24/h6,8-12,19H,7,13-18H2,1-5H3,(H,29,32). The molecule has 1 saturated heterocycles. The molecule has 0 aliphatic carbocycles. The Bertz CT molecular complexity index is 1180. The number of carbonyl (C=O) groups excluding carboxylic acids is 1. The number of fused-ring (bicyclic) bond motifs is 1. The van der Waals surface area contributed by atoms with Gasteiger partial charge in [-0.05, 0) is 69.3 Å². The van der Waals surface area contributed by atoms with Crippen molar-refractivity contribution in [2.45, 2.75) is 39.7 Å². The van der Waals surface area contributed by atoms with E-state index in [1.54, 1.807) is 24.5 Å². The van der Waals surface area contributed by atoms with E-state index in [1.807, 2.05) is 33.8 Å². The fourth-order valence-corrected chi connectivity index (χ4v) is 5.29. The fraction of sp³-hybridized carbons (Fsp3) is 0.464. The van der Waals surface area contributed by atoms with Crippen LogP contribution in [0.5, 0.6) is 11.5 Å². The zero-order valence-corrected chi connectivity index (χ0v) is 22.7. The summed E-state index contributed by atoms with van der Waals surface area (Å²) in [4.78, 5) is 17.3. The molecule has 7 nitrogen and oxygen atoms in total. The van der Waals surface area contributed by atoms with Crippen LogP contribution in [0.1, 0.15) is 32.8 Å². The maximum Gasteiger partial charge on any atom is 0.412 e. The van der Waals surface area contributed by atoms with Crippen molar-refractivity contribution < 1.29 is 19.0 Å². The molecule has 1 aliphatic rings. The number of methoxy groups -OCH3 is 1. The second-order valence-electron chi connectivity index (χ2n) is 10.1. The van der Waals surface area contributed by atoms with Crippen molar-refractivity contribution in [3.63, 3.8) is 0 Å². The first-order chi connectivity index (χ1) is 17.2. The number of amides is 1. The lowest BCUT2D eigenvalue weighted by molar-refractivity contribution is 0.0635. The van der Waals surface area contributed by atoms with Crippen molar-refractivity contribution >= 4 is 38.9 Å². The summed E-state index contributed by atoms with van der Waals surface area (Å²) in [5, 5.41) is 6.31. The Hall–Kier alpha value is -2.97. The molecule has 0 saturated carbocycles. The van der Waals surface area contributed by atoms with E-state index in [-0.39, 0.29) is 0 Å². The van der Waals surface area contributed by atoms with Crippen LogP contribution in [-0.2, 0) is 4.74 Å². The van der Waals surface area contributed by atoms with Crippen molar-refractivity contribution in [2.75, 3.05) is 56.7 Å². The maximum atomic E-state index is 12.3. The summed E-state index contributed by atoms with van der Waals surface area (Å²) in [7, 11) is 1.58. The van der Waals surface area contributed by atoms with Gasteiger partial charge < -0.3 is 19.1 Å². The number of nitrogens with zero attached hydrogens (tertiary/aromatic N) is 2. The van der Waals surface area contributed by atoms with Gasteiger partial charge in [0.15, 0.2) is 11.5 Å². The van der Waals surface area contributed by atoms with Gasteiger partial charge >= 0.3 is 6.09 Å². The van der Waals surface area contributed by atoms with Gasteiger partial charge in [0.05, 0.1) is 19.4 Å². The van der Waals surface area contributed by atoms with Crippen LogP contribution in [0.25, 0.3) is 10.1 Å². The van der Waals surface area contributed by atoms with Gasteiger partial charge in [-0.3, -0.25) is 10.2 Å². The highest BCUT2D eigenvalue weighted by Gasteiger charge is 2.21. The van der Waals surface area contributed by atoms with Gasteiger partial charge in [-0.25, -0.2) is 4.79 Å². The van der Waals surface area contributed by atoms with Crippen molar-refractivity contribution in [1.29, 1.82) is 0 Å². The monoisotopic (exact) mass is 511 g/mol. The molecule has 1 N–H and O–H groups in total. The molecule has 0 bridgehead atoms. The lowest BCUT2D eigenvalue weighted by atomic mass is 10.1. The molecule has 4 rings (SSSR count). The SMILES string of the molecule is COc1c(NC(=O)OC(C)(C)C)ccc(C)c1OCCCN1CCN(c2cccc3sccc23)CC1. The van der Waals surface area contributed by atoms with Crippen LogP contribution in [0.2, 0.25) is 0 Å². The molecule has 1 aliphatic heterocycles. The van der Waals surface area contributed by atoms with Crippen LogP contribution in [0.3, 0.4) is 0 Å². The Morgan fingerprint density at radius 3 is 2.56 bits per heavy atom. The van der Waals surface area contributed by atoms with Crippen LogP contribution in [-0.4, -0.2) is 63.0 Å². The zero-order chi connectivity index (χ0) is 25.7. The van der Waals surface area contributed by atoms with Gasteiger partial charge in [-0.15, -0.1) is 11.3 Å². The van der Waals surface area contributed by atoms with Crippen molar-refractivity contribution in [2.24, 2.45) is 0 Å². The molecule has 1 amide bonds. The summed E-state index contributed by atoms with van der Waals surface area (Å²) in [6.45, 7) is 13.2. The molecule has 194 valence electrons. The van der Waals surface area contributed by atoms with Gasteiger partial charge in [-0.2, -0.15) is 0 Å². The molecule has 36 heavy (non-hydrogen) atoms. The molecule has 0 unspecified atom stereocenters. The molecule has 1 fully saturated rings. The van der Waals surface area contributed by atoms with E-state index in [1.165, 1.54) is 15.8 Å². The number of hydrogen-bond donors (Lipinski definition) is 1. The summed E-state index contributed by atoms with van der Waals surface area (Å²) < 4.78 is 18.5. The normalized spacial score (nSPS) is 14.6. The minimum atomic E-state index is -0.579. The van der Waals surface area contributed by atoms with Crippen LogP contribution < -0.4 is 19.7 Å². The fourth-order valence-electron chi connectivity index (χ4n) is 4.48. The summed E-state index contributed by atoms with van der Waals surface area (Å²) in [5.74, 6) is 1.16. The molecule has 3 aromatic rings. The second kappa shape index (κ2) is 11.4. The van der Waals surface area contributed by atoms with Crippen molar-refractivity contribution in [1.82, 2.24) is 4.90 Å². The van der Waals surface area contributed by atoms with Crippen molar-refractivity contribution in [3.8, 4) is 11.5 Å². The van der Waals surface area contributed by atoms with Gasteiger partial charge in [0.2, 0.25) is 0 Å². The Morgan fingerprint density at radius 2 is 1.83 bits per heavy atom. The Balaban J connectivity index is 1.27. The highest BCUT2D eigenvalue weighted by molar-refractivity contribution is 7.17. The van der Waals surface area contributed by atoms with Gasteiger partial charge in [0.25, 0.3) is 0 Å². The van der Waals surface area contributed by atoms with E-state index in [9.17, 15) is 4.79 Å². The predicted molar refractivity (Wildman–Crippen MR) is 148 cm³/mol. The minimum absolute atomic E-state index is 0.511. The maximum absolute atomic E-state index is 12.3. The number of ether oxygens (including phenoxy) is 3. The molecule has 2 aromatic carbocycles. The molecule has 0 atom stereocenters.